The minimum absolute atomic E-state index is 0. The van der Waals surface area contributed by atoms with E-state index >= 15 is 0 Å². The smallest absolute Gasteiger partial charge is 0.0427 e. The molecule has 1 fully saturated rings. The molecule has 1 aromatic heterocycles. The monoisotopic (exact) mass is 284 g/mol. The quantitative estimate of drug-likeness (QED) is 0.862. The third-order valence-corrected chi connectivity index (χ3v) is 2.50. The van der Waals surface area contributed by atoms with Crippen molar-refractivity contribution in [2.45, 2.75) is 18.4 Å². The lowest BCUT2D eigenvalue weighted by atomic mass is 10.1. The molecule has 1 aliphatic rings. The Morgan fingerprint density at radius 3 is 2.38 bits per heavy atom. The van der Waals surface area contributed by atoms with Crippen LogP contribution in [0.1, 0.15) is 18.4 Å². The summed E-state index contributed by atoms with van der Waals surface area (Å²) in [7, 11) is 0. The molecule has 5 heteroatoms. The van der Waals surface area contributed by atoms with Crippen molar-refractivity contribution >= 4 is 40.7 Å². The lowest BCUT2D eigenvalue weighted by molar-refractivity contribution is 0.734. The minimum Gasteiger partial charge on any atom is -0.321 e. The molecule has 0 bridgehead atoms. The Kier molecular flexibility index (Phi) is 4.66. The van der Waals surface area contributed by atoms with Gasteiger partial charge in [-0.2, -0.15) is 0 Å². The molecule has 2 rings (SSSR count). The zero-order valence-electron chi connectivity index (χ0n) is 6.87. The summed E-state index contributed by atoms with van der Waals surface area (Å²) in [5, 5.41) is 0. The summed E-state index contributed by atoms with van der Waals surface area (Å²) < 4.78 is 1.01. The Labute approximate surface area is 98.3 Å². The zero-order chi connectivity index (χ0) is 7.90. The van der Waals surface area contributed by atoms with Gasteiger partial charge in [0.15, 0.2) is 0 Å². The van der Waals surface area contributed by atoms with Gasteiger partial charge in [-0.3, -0.25) is 4.98 Å². The van der Waals surface area contributed by atoms with E-state index < -0.39 is 0 Å². The Morgan fingerprint density at radius 2 is 1.92 bits per heavy atom. The first-order chi connectivity index (χ1) is 5.21. The Morgan fingerprint density at radius 1 is 1.31 bits per heavy atom. The predicted octanol–water partition coefficient (Wildman–Crippen LogP) is 2.64. The number of aromatic nitrogens is 1. The van der Waals surface area contributed by atoms with Gasteiger partial charge in [-0.15, -0.1) is 24.8 Å². The molecular weight excluding hydrogens is 275 g/mol. The van der Waals surface area contributed by atoms with Crippen molar-refractivity contribution < 1.29 is 0 Å². The van der Waals surface area contributed by atoms with Crippen LogP contribution in [0.15, 0.2) is 22.9 Å². The molecule has 0 aromatic carbocycles. The molecule has 1 heterocycles. The topological polar surface area (TPSA) is 38.9 Å². The fourth-order valence-corrected chi connectivity index (χ4v) is 1.47. The van der Waals surface area contributed by atoms with E-state index in [1.807, 2.05) is 12.3 Å². The van der Waals surface area contributed by atoms with Crippen LogP contribution in [0.2, 0.25) is 0 Å². The first kappa shape index (κ1) is 13.2. The van der Waals surface area contributed by atoms with Gasteiger partial charge < -0.3 is 5.73 Å². The lowest BCUT2D eigenvalue weighted by Crippen LogP contribution is -2.18. The second kappa shape index (κ2) is 4.60. The van der Waals surface area contributed by atoms with Crippen molar-refractivity contribution in [2.75, 3.05) is 0 Å². The number of halogens is 3. The van der Waals surface area contributed by atoms with Gasteiger partial charge in [0, 0.05) is 22.4 Å². The molecule has 0 amide bonds. The standard InChI is InChI=1S/C8H9BrN2.2ClH/c9-7-3-6(4-11-5-7)8(10)1-2-8;;/h3-5H,1-2,10H2;2*1H. The van der Waals surface area contributed by atoms with Gasteiger partial charge in [0.25, 0.3) is 0 Å². The number of nitrogens with two attached hydrogens (primary N) is 1. The van der Waals surface area contributed by atoms with E-state index in [1.54, 1.807) is 6.20 Å². The van der Waals surface area contributed by atoms with Crippen molar-refractivity contribution in [1.29, 1.82) is 0 Å². The van der Waals surface area contributed by atoms with E-state index in [-0.39, 0.29) is 30.4 Å². The van der Waals surface area contributed by atoms with E-state index in [9.17, 15) is 0 Å². The third-order valence-electron chi connectivity index (χ3n) is 2.07. The van der Waals surface area contributed by atoms with E-state index in [1.165, 1.54) is 0 Å². The van der Waals surface area contributed by atoms with Crippen LogP contribution in [0.25, 0.3) is 0 Å². The molecule has 0 spiro atoms. The molecular formula is C8H11BrCl2N2. The molecule has 2 N–H and O–H groups in total. The zero-order valence-corrected chi connectivity index (χ0v) is 10.1. The van der Waals surface area contributed by atoms with Crippen LogP contribution >= 0.6 is 40.7 Å². The lowest BCUT2D eigenvalue weighted by Gasteiger charge is -2.07. The van der Waals surface area contributed by atoms with Crippen molar-refractivity contribution in [1.82, 2.24) is 4.98 Å². The van der Waals surface area contributed by atoms with Gasteiger partial charge >= 0.3 is 0 Å². The summed E-state index contributed by atoms with van der Waals surface area (Å²) in [6, 6.07) is 2.04. The van der Waals surface area contributed by atoms with E-state index in [0.717, 1.165) is 22.9 Å². The fourth-order valence-electron chi connectivity index (χ4n) is 1.11. The molecule has 0 aliphatic heterocycles. The summed E-state index contributed by atoms with van der Waals surface area (Å²) in [6.07, 6.45) is 5.79. The average molecular weight is 286 g/mol. The van der Waals surface area contributed by atoms with Gasteiger partial charge in [-0.05, 0) is 40.4 Å². The van der Waals surface area contributed by atoms with Gasteiger partial charge in [0.1, 0.15) is 0 Å². The second-order valence-electron chi connectivity index (χ2n) is 3.05. The first-order valence-corrected chi connectivity index (χ1v) is 4.40. The molecule has 74 valence electrons. The molecule has 0 radical (unpaired) electrons. The molecule has 0 saturated heterocycles. The second-order valence-corrected chi connectivity index (χ2v) is 3.96. The van der Waals surface area contributed by atoms with Crippen LogP contribution in [-0.2, 0) is 5.54 Å². The van der Waals surface area contributed by atoms with Crippen LogP contribution in [0.3, 0.4) is 0 Å². The number of nitrogens with zero attached hydrogens (tertiary/aromatic N) is 1. The van der Waals surface area contributed by atoms with E-state index in [0.29, 0.717) is 0 Å². The molecule has 13 heavy (non-hydrogen) atoms. The Balaban J connectivity index is 0.000000720. The average Bonchev–Trinajstić information content (AvgIpc) is 2.70. The van der Waals surface area contributed by atoms with E-state index in [2.05, 4.69) is 20.9 Å². The highest BCUT2D eigenvalue weighted by molar-refractivity contribution is 9.10. The number of hydrogen-bond donors (Lipinski definition) is 1. The van der Waals surface area contributed by atoms with Crippen molar-refractivity contribution in [2.24, 2.45) is 5.73 Å². The maximum atomic E-state index is 5.98. The summed E-state index contributed by atoms with van der Waals surface area (Å²) in [5.41, 5.74) is 7.06. The van der Waals surface area contributed by atoms with Crippen molar-refractivity contribution in [3.63, 3.8) is 0 Å². The SMILES string of the molecule is Cl.Cl.NC1(c2cncc(Br)c2)CC1. The van der Waals surface area contributed by atoms with Crippen LogP contribution in [-0.4, -0.2) is 4.98 Å². The van der Waals surface area contributed by atoms with Gasteiger partial charge in [-0.25, -0.2) is 0 Å². The van der Waals surface area contributed by atoms with Crippen LogP contribution in [0.4, 0.5) is 0 Å². The van der Waals surface area contributed by atoms with Crippen LogP contribution < -0.4 is 5.73 Å². The van der Waals surface area contributed by atoms with Gasteiger partial charge in [-0.1, -0.05) is 0 Å². The largest absolute Gasteiger partial charge is 0.321 e. The Bertz CT molecular complexity index is 289. The highest BCUT2D eigenvalue weighted by Crippen LogP contribution is 2.42. The number of hydrogen-bond acceptors (Lipinski definition) is 2. The van der Waals surface area contributed by atoms with E-state index in [4.69, 9.17) is 5.73 Å². The maximum Gasteiger partial charge on any atom is 0.0427 e. The van der Waals surface area contributed by atoms with Crippen molar-refractivity contribution in [3.05, 3.63) is 28.5 Å². The summed E-state index contributed by atoms with van der Waals surface area (Å²) >= 11 is 3.36. The normalized spacial score (nSPS) is 16.8. The predicted molar refractivity (Wildman–Crippen MR) is 61.5 cm³/mol. The highest BCUT2D eigenvalue weighted by atomic mass is 79.9. The number of rotatable bonds is 1. The van der Waals surface area contributed by atoms with Crippen LogP contribution in [0, 0.1) is 0 Å². The number of pyridine rings is 1. The molecule has 1 saturated carbocycles. The molecule has 2 nitrogen and oxygen atoms in total. The Hall–Kier alpha value is 0.170. The third kappa shape index (κ3) is 2.81. The summed E-state index contributed by atoms with van der Waals surface area (Å²) in [5.74, 6) is 0. The minimum atomic E-state index is -0.0588. The fraction of sp³-hybridized carbons (Fsp3) is 0.375. The van der Waals surface area contributed by atoms with Gasteiger partial charge in [0.05, 0.1) is 0 Å². The maximum absolute atomic E-state index is 5.98. The molecule has 0 atom stereocenters. The molecule has 1 aromatic rings. The van der Waals surface area contributed by atoms with Crippen molar-refractivity contribution in [3.8, 4) is 0 Å². The highest BCUT2D eigenvalue weighted by Gasteiger charge is 2.40. The molecule has 0 unspecified atom stereocenters. The van der Waals surface area contributed by atoms with Crippen LogP contribution in [0.5, 0.6) is 0 Å². The van der Waals surface area contributed by atoms with Gasteiger partial charge in [0.2, 0.25) is 0 Å². The first-order valence-electron chi connectivity index (χ1n) is 3.61. The molecule has 1 aliphatic carbocycles. The summed E-state index contributed by atoms with van der Waals surface area (Å²) in [4.78, 5) is 4.06. The summed E-state index contributed by atoms with van der Waals surface area (Å²) in [6.45, 7) is 0.